The van der Waals surface area contributed by atoms with Crippen LogP contribution in [0.5, 0.6) is 0 Å². The van der Waals surface area contributed by atoms with Gasteiger partial charge >= 0.3 is 0 Å². The first kappa shape index (κ1) is 9.64. The van der Waals surface area contributed by atoms with Gasteiger partial charge in [-0.15, -0.1) is 0 Å². The summed E-state index contributed by atoms with van der Waals surface area (Å²) in [4.78, 5) is 10.1. The van der Waals surface area contributed by atoms with Gasteiger partial charge in [0.05, 0.1) is 4.92 Å². The van der Waals surface area contributed by atoms with Gasteiger partial charge < -0.3 is 0 Å². The second kappa shape index (κ2) is 3.51. The topological polar surface area (TPSA) is 43.1 Å². The highest BCUT2D eigenvalue weighted by Crippen LogP contribution is 2.24. The average molecular weight is 183 g/mol. The second-order valence-corrected chi connectivity index (χ2v) is 2.97. The molecule has 0 unspecified atom stereocenters. The van der Waals surface area contributed by atoms with E-state index in [4.69, 9.17) is 0 Å². The second-order valence-electron chi connectivity index (χ2n) is 2.97. The minimum absolute atomic E-state index is 0.0807. The zero-order chi connectivity index (χ0) is 10.0. The van der Waals surface area contributed by atoms with E-state index in [1.807, 2.05) is 0 Å². The average Bonchev–Trinajstić information content (AvgIpc) is 2.02. The van der Waals surface area contributed by atoms with Crippen LogP contribution < -0.4 is 0 Å². The van der Waals surface area contributed by atoms with Crippen molar-refractivity contribution < 1.29 is 9.31 Å². The van der Waals surface area contributed by atoms with Gasteiger partial charge in [0.1, 0.15) is 6.67 Å². The van der Waals surface area contributed by atoms with Gasteiger partial charge in [0, 0.05) is 11.1 Å². The number of hydrogen-bond acceptors (Lipinski definition) is 2. The Labute approximate surface area is 75.3 Å². The van der Waals surface area contributed by atoms with Crippen molar-refractivity contribution in [2.75, 3.05) is 0 Å². The van der Waals surface area contributed by atoms with Crippen molar-refractivity contribution in [1.82, 2.24) is 0 Å². The minimum Gasteiger partial charge on any atom is -0.258 e. The van der Waals surface area contributed by atoms with E-state index in [1.54, 1.807) is 13.8 Å². The van der Waals surface area contributed by atoms with Crippen LogP contribution in [0.25, 0.3) is 0 Å². The molecule has 13 heavy (non-hydrogen) atoms. The van der Waals surface area contributed by atoms with Crippen LogP contribution >= 0.6 is 0 Å². The third-order valence-corrected chi connectivity index (χ3v) is 1.89. The number of nitrogens with zero attached hydrogens (tertiary/aromatic N) is 1. The summed E-state index contributed by atoms with van der Waals surface area (Å²) in [6, 6.07) is 3.01. The van der Waals surface area contributed by atoms with Crippen LogP contribution in [0.1, 0.15) is 16.7 Å². The standard InChI is InChI=1S/C9H10FNO2/c1-6-3-8(5-10)4-7(2)9(6)11(12)13/h3-4H,5H2,1-2H3. The molecular weight excluding hydrogens is 173 g/mol. The van der Waals surface area contributed by atoms with E-state index < -0.39 is 11.6 Å². The summed E-state index contributed by atoms with van der Waals surface area (Å²) in [6.07, 6.45) is 0. The number of halogens is 1. The summed E-state index contributed by atoms with van der Waals surface area (Å²) in [7, 11) is 0. The largest absolute Gasteiger partial charge is 0.275 e. The predicted octanol–water partition coefficient (Wildman–Crippen LogP) is 2.68. The maximum Gasteiger partial charge on any atom is 0.275 e. The Kier molecular flexibility index (Phi) is 2.60. The summed E-state index contributed by atoms with van der Waals surface area (Å²) in [6.45, 7) is 2.65. The molecule has 3 nitrogen and oxygen atoms in total. The Bertz CT molecular complexity index is 326. The third kappa shape index (κ3) is 1.83. The zero-order valence-electron chi connectivity index (χ0n) is 7.50. The van der Waals surface area contributed by atoms with E-state index >= 15 is 0 Å². The molecule has 0 spiro atoms. The van der Waals surface area contributed by atoms with Crippen LogP contribution in [0.4, 0.5) is 10.1 Å². The van der Waals surface area contributed by atoms with Crippen molar-refractivity contribution in [2.45, 2.75) is 20.5 Å². The first-order chi connectivity index (χ1) is 6.06. The first-order valence-electron chi connectivity index (χ1n) is 3.86. The molecular formula is C9H10FNO2. The Morgan fingerprint density at radius 2 is 1.85 bits per heavy atom. The van der Waals surface area contributed by atoms with Gasteiger partial charge in [-0.1, -0.05) is 0 Å². The number of rotatable bonds is 2. The van der Waals surface area contributed by atoms with E-state index in [2.05, 4.69) is 0 Å². The number of nitro benzene ring substituents is 1. The lowest BCUT2D eigenvalue weighted by Gasteiger charge is -2.02. The highest BCUT2D eigenvalue weighted by Gasteiger charge is 2.14. The normalized spacial score (nSPS) is 10.1. The van der Waals surface area contributed by atoms with Crippen LogP contribution in [0.3, 0.4) is 0 Å². The number of nitro groups is 1. The van der Waals surface area contributed by atoms with Gasteiger partial charge in [-0.25, -0.2) is 4.39 Å². The molecule has 0 radical (unpaired) electrons. The fourth-order valence-corrected chi connectivity index (χ4v) is 1.41. The Balaban J connectivity index is 3.31. The lowest BCUT2D eigenvalue weighted by atomic mass is 10.1. The molecule has 0 aliphatic carbocycles. The number of alkyl halides is 1. The van der Waals surface area contributed by atoms with Crippen LogP contribution in [0, 0.1) is 24.0 Å². The van der Waals surface area contributed by atoms with Gasteiger partial charge in [0.25, 0.3) is 5.69 Å². The van der Waals surface area contributed by atoms with Crippen molar-refractivity contribution in [3.63, 3.8) is 0 Å². The SMILES string of the molecule is Cc1cc(CF)cc(C)c1[N+](=O)[O-]. The van der Waals surface area contributed by atoms with Gasteiger partial charge in [-0.05, 0) is 31.5 Å². The third-order valence-electron chi connectivity index (χ3n) is 1.89. The minimum atomic E-state index is -0.584. The fraction of sp³-hybridized carbons (Fsp3) is 0.333. The molecule has 1 rings (SSSR count). The maximum absolute atomic E-state index is 12.2. The van der Waals surface area contributed by atoms with Crippen LogP contribution in [-0.2, 0) is 6.67 Å². The number of hydrogen-bond donors (Lipinski definition) is 0. The molecule has 0 saturated carbocycles. The van der Waals surface area contributed by atoms with Crippen molar-refractivity contribution in [1.29, 1.82) is 0 Å². The van der Waals surface area contributed by atoms with Crippen molar-refractivity contribution in [3.05, 3.63) is 38.9 Å². The van der Waals surface area contributed by atoms with E-state index in [0.717, 1.165) is 0 Å². The molecule has 0 heterocycles. The molecule has 0 N–H and O–H groups in total. The Morgan fingerprint density at radius 3 is 2.15 bits per heavy atom. The molecule has 0 bridgehead atoms. The zero-order valence-corrected chi connectivity index (χ0v) is 7.50. The smallest absolute Gasteiger partial charge is 0.258 e. The highest BCUT2D eigenvalue weighted by molar-refractivity contribution is 5.48. The Hall–Kier alpha value is -1.45. The molecule has 0 fully saturated rings. The molecule has 0 saturated heterocycles. The fourth-order valence-electron chi connectivity index (χ4n) is 1.41. The quantitative estimate of drug-likeness (QED) is 0.522. The van der Waals surface area contributed by atoms with E-state index in [0.29, 0.717) is 16.7 Å². The van der Waals surface area contributed by atoms with E-state index in [-0.39, 0.29) is 5.69 Å². The van der Waals surface area contributed by atoms with Crippen molar-refractivity contribution in [2.24, 2.45) is 0 Å². The van der Waals surface area contributed by atoms with Crippen LogP contribution in [0.15, 0.2) is 12.1 Å². The molecule has 1 aromatic carbocycles. The summed E-state index contributed by atoms with van der Waals surface area (Å²) in [5.41, 5.74) is 1.59. The highest BCUT2D eigenvalue weighted by atomic mass is 19.1. The summed E-state index contributed by atoms with van der Waals surface area (Å²) in [5, 5.41) is 10.6. The van der Waals surface area contributed by atoms with Crippen LogP contribution in [-0.4, -0.2) is 4.92 Å². The van der Waals surface area contributed by atoms with Crippen LogP contribution in [0.2, 0.25) is 0 Å². The van der Waals surface area contributed by atoms with Crippen molar-refractivity contribution in [3.8, 4) is 0 Å². The lowest BCUT2D eigenvalue weighted by Crippen LogP contribution is -1.96. The van der Waals surface area contributed by atoms with E-state index in [9.17, 15) is 14.5 Å². The summed E-state index contributed by atoms with van der Waals surface area (Å²) >= 11 is 0. The van der Waals surface area contributed by atoms with Gasteiger partial charge in [0.15, 0.2) is 0 Å². The van der Waals surface area contributed by atoms with Crippen molar-refractivity contribution >= 4 is 5.69 Å². The lowest BCUT2D eigenvalue weighted by molar-refractivity contribution is -0.386. The van der Waals surface area contributed by atoms with Gasteiger partial charge in [-0.2, -0.15) is 0 Å². The summed E-state index contributed by atoms with van der Waals surface area (Å²) in [5.74, 6) is 0. The molecule has 0 atom stereocenters. The van der Waals surface area contributed by atoms with Gasteiger partial charge in [-0.3, -0.25) is 10.1 Å². The molecule has 0 aliphatic heterocycles. The molecule has 1 aromatic rings. The Morgan fingerprint density at radius 1 is 1.38 bits per heavy atom. The molecule has 0 amide bonds. The molecule has 4 heteroatoms. The predicted molar refractivity (Wildman–Crippen MR) is 47.4 cm³/mol. The van der Waals surface area contributed by atoms with Gasteiger partial charge in [0.2, 0.25) is 0 Å². The molecule has 0 aliphatic rings. The summed E-state index contributed by atoms with van der Waals surface area (Å²) < 4.78 is 12.2. The number of benzene rings is 1. The molecule has 70 valence electrons. The monoisotopic (exact) mass is 183 g/mol. The maximum atomic E-state index is 12.2. The number of aryl methyl sites for hydroxylation is 2. The first-order valence-corrected chi connectivity index (χ1v) is 3.86. The molecule has 0 aromatic heterocycles. The van der Waals surface area contributed by atoms with E-state index in [1.165, 1.54) is 12.1 Å².